The van der Waals surface area contributed by atoms with Crippen LogP contribution in [0.4, 0.5) is 11.5 Å². The van der Waals surface area contributed by atoms with Crippen LogP contribution < -0.4 is 26.6 Å². The molecule has 1 amide bonds. The van der Waals surface area contributed by atoms with Gasteiger partial charge in [0.1, 0.15) is 17.3 Å². The van der Waals surface area contributed by atoms with E-state index in [-0.39, 0.29) is 36.9 Å². The lowest BCUT2D eigenvalue weighted by atomic mass is 10.1. The molecular formula is C25H24N4O5. The van der Waals surface area contributed by atoms with Crippen LogP contribution in [0.15, 0.2) is 87.0 Å². The highest BCUT2D eigenvalue weighted by Gasteiger charge is 2.25. The minimum Gasteiger partial charge on any atom is -0.497 e. The molecule has 0 spiro atoms. The highest BCUT2D eigenvalue weighted by atomic mass is 16.5. The monoisotopic (exact) mass is 460 g/mol. The molecule has 4 aromatic rings. The smallest absolute Gasteiger partial charge is 0.330 e. The summed E-state index contributed by atoms with van der Waals surface area (Å²) in [5.41, 5.74) is 6.36. The van der Waals surface area contributed by atoms with Crippen LogP contribution in [0.2, 0.25) is 0 Å². The van der Waals surface area contributed by atoms with Gasteiger partial charge in [-0.3, -0.25) is 24.0 Å². The number of nitrogens with zero attached hydrogens (tertiary/aromatic N) is 2. The number of aromatic amines is 1. The molecule has 0 bridgehead atoms. The number of rotatable bonds is 8. The Morgan fingerprint density at radius 1 is 1.03 bits per heavy atom. The zero-order valence-electron chi connectivity index (χ0n) is 18.6. The van der Waals surface area contributed by atoms with Crippen molar-refractivity contribution in [2.45, 2.75) is 19.5 Å². The quantitative estimate of drug-likeness (QED) is 0.417. The number of nitrogens with two attached hydrogens (primary N) is 1. The fourth-order valence-electron chi connectivity index (χ4n) is 3.62. The van der Waals surface area contributed by atoms with Crippen LogP contribution in [0.25, 0.3) is 0 Å². The van der Waals surface area contributed by atoms with Crippen LogP contribution >= 0.6 is 0 Å². The fraction of sp³-hybridized carbons (Fsp3) is 0.160. The van der Waals surface area contributed by atoms with Gasteiger partial charge in [-0.1, -0.05) is 42.5 Å². The molecule has 0 fully saturated rings. The van der Waals surface area contributed by atoms with Crippen LogP contribution in [-0.2, 0) is 24.3 Å². The van der Waals surface area contributed by atoms with E-state index in [1.165, 1.54) is 15.7 Å². The summed E-state index contributed by atoms with van der Waals surface area (Å²) in [6, 6.07) is 19.6. The van der Waals surface area contributed by atoms with Crippen molar-refractivity contribution < 1.29 is 13.9 Å². The summed E-state index contributed by atoms with van der Waals surface area (Å²) < 4.78 is 11.8. The van der Waals surface area contributed by atoms with Gasteiger partial charge in [-0.25, -0.2) is 4.79 Å². The van der Waals surface area contributed by atoms with Crippen molar-refractivity contribution in [3.8, 4) is 5.75 Å². The molecule has 2 heterocycles. The molecular weight excluding hydrogens is 436 g/mol. The minimum absolute atomic E-state index is 0.00138. The lowest BCUT2D eigenvalue weighted by Crippen LogP contribution is -2.41. The molecule has 0 aliphatic heterocycles. The topological polar surface area (TPSA) is 124 Å². The summed E-state index contributed by atoms with van der Waals surface area (Å²) in [4.78, 5) is 42.4. The first-order valence-electron chi connectivity index (χ1n) is 10.6. The number of H-pyrrole nitrogens is 1. The SMILES string of the molecule is COc1ccc(CC(=O)N(Cc2ccco2)c2c(N)n(Cc3ccccc3)c(=O)[nH]c2=O)cc1. The molecule has 0 saturated carbocycles. The largest absolute Gasteiger partial charge is 0.497 e. The third-order valence-corrected chi connectivity index (χ3v) is 5.38. The van der Waals surface area contributed by atoms with E-state index < -0.39 is 11.2 Å². The van der Waals surface area contributed by atoms with Crippen molar-refractivity contribution in [2.24, 2.45) is 0 Å². The molecule has 3 N–H and O–H groups in total. The van der Waals surface area contributed by atoms with E-state index in [0.717, 1.165) is 11.1 Å². The number of carbonyl (C=O) groups is 1. The Morgan fingerprint density at radius 3 is 2.41 bits per heavy atom. The zero-order valence-corrected chi connectivity index (χ0v) is 18.6. The van der Waals surface area contributed by atoms with E-state index in [0.29, 0.717) is 11.5 Å². The number of ether oxygens (including phenoxy) is 1. The summed E-state index contributed by atoms with van der Waals surface area (Å²) in [7, 11) is 1.56. The Bertz CT molecular complexity index is 1370. The molecule has 34 heavy (non-hydrogen) atoms. The van der Waals surface area contributed by atoms with E-state index in [4.69, 9.17) is 14.9 Å². The van der Waals surface area contributed by atoms with Gasteiger partial charge in [0.25, 0.3) is 5.56 Å². The molecule has 0 aliphatic carbocycles. The number of hydrogen-bond donors (Lipinski definition) is 2. The van der Waals surface area contributed by atoms with Crippen molar-refractivity contribution in [2.75, 3.05) is 17.7 Å². The molecule has 4 rings (SSSR count). The lowest BCUT2D eigenvalue weighted by Gasteiger charge is -2.24. The molecule has 0 radical (unpaired) electrons. The summed E-state index contributed by atoms with van der Waals surface area (Å²) in [6.45, 7) is 0.107. The number of nitrogens with one attached hydrogen (secondary N) is 1. The summed E-state index contributed by atoms with van der Waals surface area (Å²) in [6.07, 6.45) is 1.48. The van der Waals surface area contributed by atoms with Gasteiger partial charge in [0.05, 0.1) is 32.9 Å². The maximum Gasteiger partial charge on any atom is 0.330 e. The van der Waals surface area contributed by atoms with Crippen molar-refractivity contribution in [3.63, 3.8) is 0 Å². The van der Waals surface area contributed by atoms with Gasteiger partial charge in [-0.05, 0) is 35.4 Å². The van der Waals surface area contributed by atoms with Crippen molar-refractivity contribution in [1.82, 2.24) is 9.55 Å². The number of amides is 1. The molecule has 9 nitrogen and oxygen atoms in total. The Morgan fingerprint density at radius 2 is 1.76 bits per heavy atom. The molecule has 2 aromatic carbocycles. The summed E-state index contributed by atoms with van der Waals surface area (Å²) in [5.74, 6) is 0.635. The van der Waals surface area contributed by atoms with Gasteiger partial charge < -0.3 is 14.9 Å². The van der Waals surface area contributed by atoms with Gasteiger partial charge >= 0.3 is 5.69 Å². The lowest BCUT2D eigenvalue weighted by molar-refractivity contribution is -0.118. The third-order valence-electron chi connectivity index (χ3n) is 5.38. The van der Waals surface area contributed by atoms with Crippen LogP contribution in [0.5, 0.6) is 5.75 Å². The molecule has 0 saturated heterocycles. The Kier molecular flexibility index (Phi) is 6.63. The Balaban J connectivity index is 1.74. The molecule has 9 heteroatoms. The van der Waals surface area contributed by atoms with Gasteiger partial charge in [0.2, 0.25) is 5.91 Å². The average molecular weight is 460 g/mol. The zero-order chi connectivity index (χ0) is 24.1. The number of carbonyl (C=O) groups excluding carboxylic acids is 1. The molecule has 2 aromatic heterocycles. The van der Waals surface area contributed by atoms with Gasteiger partial charge in [-0.2, -0.15) is 0 Å². The fourth-order valence-corrected chi connectivity index (χ4v) is 3.62. The first-order valence-corrected chi connectivity index (χ1v) is 10.6. The van der Waals surface area contributed by atoms with Crippen molar-refractivity contribution in [1.29, 1.82) is 0 Å². The van der Waals surface area contributed by atoms with Crippen molar-refractivity contribution in [3.05, 3.63) is 111 Å². The normalized spacial score (nSPS) is 10.7. The highest BCUT2D eigenvalue weighted by Crippen LogP contribution is 2.22. The number of anilines is 2. The van der Waals surface area contributed by atoms with Crippen LogP contribution in [0.3, 0.4) is 0 Å². The van der Waals surface area contributed by atoms with E-state index in [1.807, 2.05) is 30.3 Å². The number of aromatic nitrogens is 2. The van der Waals surface area contributed by atoms with Crippen LogP contribution in [-0.4, -0.2) is 22.6 Å². The number of nitrogen functional groups attached to an aromatic ring is 1. The van der Waals surface area contributed by atoms with E-state index in [2.05, 4.69) is 4.98 Å². The predicted molar refractivity (Wildman–Crippen MR) is 128 cm³/mol. The number of methoxy groups -OCH3 is 1. The Hall–Kier alpha value is -4.53. The van der Waals surface area contributed by atoms with Gasteiger partial charge in [-0.15, -0.1) is 0 Å². The molecule has 0 unspecified atom stereocenters. The first kappa shape index (κ1) is 22.7. The average Bonchev–Trinajstić information content (AvgIpc) is 3.35. The van der Waals surface area contributed by atoms with Crippen LogP contribution in [0, 0.1) is 0 Å². The van der Waals surface area contributed by atoms with Gasteiger partial charge in [0, 0.05) is 0 Å². The Labute approximate surface area is 195 Å². The first-order chi connectivity index (χ1) is 16.5. The maximum atomic E-state index is 13.4. The van der Waals surface area contributed by atoms with E-state index in [1.54, 1.807) is 43.5 Å². The molecule has 0 aliphatic rings. The number of benzene rings is 2. The molecule has 174 valence electrons. The highest BCUT2D eigenvalue weighted by molar-refractivity contribution is 5.96. The number of hydrogen-bond acceptors (Lipinski definition) is 6. The van der Waals surface area contributed by atoms with E-state index >= 15 is 0 Å². The summed E-state index contributed by atoms with van der Waals surface area (Å²) >= 11 is 0. The van der Waals surface area contributed by atoms with Gasteiger partial charge in [0.15, 0.2) is 5.69 Å². The minimum atomic E-state index is -0.749. The summed E-state index contributed by atoms with van der Waals surface area (Å²) in [5, 5.41) is 0. The maximum absolute atomic E-state index is 13.4. The van der Waals surface area contributed by atoms with Crippen molar-refractivity contribution >= 4 is 17.4 Å². The second-order valence-electron chi connectivity index (χ2n) is 7.65. The number of furan rings is 1. The standard InChI is InChI=1S/C25H24N4O5/c1-33-19-11-9-17(10-12-19)14-21(30)28(16-20-8-5-13-34-20)22-23(26)29(25(32)27-24(22)31)15-18-6-3-2-4-7-18/h2-13H,14-16,26H2,1H3,(H,27,31,32). The third kappa shape index (κ3) is 4.93. The van der Waals surface area contributed by atoms with E-state index in [9.17, 15) is 14.4 Å². The van der Waals surface area contributed by atoms with Crippen LogP contribution in [0.1, 0.15) is 16.9 Å². The predicted octanol–water partition coefficient (Wildman–Crippen LogP) is 2.54. The second-order valence-corrected chi connectivity index (χ2v) is 7.65. The molecule has 0 atom stereocenters. The second kappa shape index (κ2) is 9.95.